The second-order valence-corrected chi connectivity index (χ2v) is 4.87. The Morgan fingerprint density at radius 3 is 2.65 bits per heavy atom. The average molecular weight is 241 g/mol. The SMILES string of the molecule is CC(=O)N(C)CC1CCCCN1C(=O)[C@H](C)N. The molecule has 1 unspecified atom stereocenters. The van der Waals surface area contributed by atoms with Gasteiger partial charge in [0.15, 0.2) is 0 Å². The molecule has 1 saturated heterocycles. The van der Waals surface area contributed by atoms with Crippen molar-refractivity contribution in [3.05, 3.63) is 0 Å². The lowest BCUT2D eigenvalue weighted by molar-refractivity contribution is -0.138. The summed E-state index contributed by atoms with van der Waals surface area (Å²) in [6.07, 6.45) is 3.09. The number of likely N-dealkylation sites (tertiary alicyclic amines) is 1. The highest BCUT2D eigenvalue weighted by Gasteiger charge is 2.29. The Hall–Kier alpha value is -1.10. The van der Waals surface area contributed by atoms with Gasteiger partial charge in [-0.2, -0.15) is 0 Å². The van der Waals surface area contributed by atoms with Crippen molar-refractivity contribution in [1.29, 1.82) is 0 Å². The van der Waals surface area contributed by atoms with Gasteiger partial charge in [0, 0.05) is 33.1 Å². The van der Waals surface area contributed by atoms with E-state index in [2.05, 4.69) is 0 Å². The first-order valence-electron chi connectivity index (χ1n) is 6.21. The van der Waals surface area contributed by atoms with Crippen molar-refractivity contribution in [3.8, 4) is 0 Å². The molecule has 17 heavy (non-hydrogen) atoms. The van der Waals surface area contributed by atoms with E-state index in [1.54, 1.807) is 25.8 Å². The van der Waals surface area contributed by atoms with Crippen LogP contribution in [0.1, 0.15) is 33.1 Å². The van der Waals surface area contributed by atoms with Crippen LogP contribution in [0.2, 0.25) is 0 Å². The van der Waals surface area contributed by atoms with Gasteiger partial charge < -0.3 is 15.5 Å². The van der Waals surface area contributed by atoms with E-state index in [4.69, 9.17) is 5.73 Å². The number of carbonyl (C=O) groups excluding carboxylic acids is 2. The van der Waals surface area contributed by atoms with Gasteiger partial charge in [-0.1, -0.05) is 0 Å². The van der Waals surface area contributed by atoms with E-state index in [0.29, 0.717) is 6.54 Å². The van der Waals surface area contributed by atoms with Crippen LogP contribution < -0.4 is 5.73 Å². The summed E-state index contributed by atoms with van der Waals surface area (Å²) in [6, 6.07) is -0.339. The standard InChI is InChI=1S/C12H23N3O2/c1-9(13)12(17)15-7-5-4-6-11(15)8-14(3)10(2)16/h9,11H,4-8,13H2,1-3H3/t9-,11?/m0/s1. The van der Waals surface area contributed by atoms with Crippen LogP contribution in [0, 0.1) is 0 Å². The molecule has 5 heteroatoms. The van der Waals surface area contributed by atoms with Crippen molar-refractivity contribution < 1.29 is 9.59 Å². The first-order chi connectivity index (χ1) is 7.93. The predicted molar refractivity (Wildman–Crippen MR) is 66.3 cm³/mol. The third-order valence-corrected chi connectivity index (χ3v) is 3.32. The van der Waals surface area contributed by atoms with Crippen molar-refractivity contribution >= 4 is 11.8 Å². The highest BCUT2D eigenvalue weighted by Crippen LogP contribution is 2.18. The Bertz CT molecular complexity index is 291. The zero-order valence-corrected chi connectivity index (χ0v) is 11.0. The largest absolute Gasteiger partial charge is 0.344 e. The molecule has 2 atom stereocenters. The molecule has 1 fully saturated rings. The minimum atomic E-state index is -0.460. The molecular formula is C12H23N3O2. The number of hydrogen-bond acceptors (Lipinski definition) is 3. The fourth-order valence-corrected chi connectivity index (χ4v) is 2.19. The number of hydrogen-bond donors (Lipinski definition) is 1. The van der Waals surface area contributed by atoms with E-state index in [9.17, 15) is 9.59 Å². The molecule has 0 saturated carbocycles. The maximum Gasteiger partial charge on any atom is 0.239 e. The summed E-state index contributed by atoms with van der Waals surface area (Å²) in [7, 11) is 1.77. The zero-order chi connectivity index (χ0) is 13.0. The summed E-state index contributed by atoms with van der Waals surface area (Å²) in [5.74, 6) is 0.0235. The lowest BCUT2D eigenvalue weighted by Crippen LogP contribution is -2.53. The monoisotopic (exact) mass is 241 g/mol. The quantitative estimate of drug-likeness (QED) is 0.767. The van der Waals surface area contributed by atoms with Crippen molar-refractivity contribution in [2.45, 2.75) is 45.2 Å². The van der Waals surface area contributed by atoms with Crippen LogP contribution in [0.5, 0.6) is 0 Å². The van der Waals surface area contributed by atoms with Crippen LogP contribution in [0.15, 0.2) is 0 Å². The molecule has 2 amide bonds. The highest BCUT2D eigenvalue weighted by molar-refractivity contribution is 5.81. The molecule has 1 heterocycles. The Kier molecular flexibility index (Phi) is 4.93. The van der Waals surface area contributed by atoms with E-state index >= 15 is 0 Å². The van der Waals surface area contributed by atoms with Gasteiger partial charge in [0.2, 0.25) is 11.8 Å². The smallest absolute Gasteiger partial charge is 0.239 e. The lowest BCUT2D eigenvalue weighted by Gasteiger charge is -2.38. The second-order valence-electron chi connectivity index (χ2n) is 4.87. The average Bonchev–Trinajstić information content (AvgIpc) is 2.28. The summed E-state index contributed by atoms with van der Waals surface area (Å²) < 4.78 is 0. The van der Waals surface area contributed by atoms with Crippen molar-refractivity contribution in [2.75, 3.05) is 20.1 Å². The van der Waals surface area contributed by atoms with Crippen molar-refractivity contribution in [1.82, 2.24) is 9.80 Å². The number of carbonyl (C=O) groups is 2. The maximum absolute atomic E-state index is 12.0. The van der Waals surface area contributed by atoms with Crippen LogP contribution in [0.3, 0.4) is 0 Å². The summed E-state index contributed by atoms with van der Waals surface area (Å²) in [5, 5.41) is 0. The van der Waals surface area contributed by atoms with E-state index in [-0.39, 0.29) is 17.9 Å². The number of nitrogens with two attached hydrogens (primary N) is 1. The molecular weight excluding hydrogens is 218 g/mol. The van der Waals surface area contributed by atoms with Gasteiger partial charge in [-0.3, -0.25) is 9.59 Å². The first-order valence-corrected chi connectivity index (χ1v) is 6.21. The van der Waals surface area contributed by atoms with Gasteiger partial charge in [0.25, 0.3) is 0 Å². The fourth-order valence-electron chi connectivity index (χ4n) is 2.19. The Morgan fingerprint density at radius 1 is 1.47 bits per heavy atom. The number of likely N-dealkylation sites (N-methyl/N-ethyl adjacent to an activating group) is 1. The molecule has 0 aliphatic carbocycles. The summed E-state index contributed by atoms with van der Waals surface area (Å²) >= 11 is 0. The summed E-state index contributed by atoms with van der Waals surface area (Å²) in [5.41, 5.74) is 5.65. The zero-order valence-electron chi connectivity index (χ0n) is 11.0. The molecule has 0 aromatic heterocycles. The normalized spacial score (nSPS) is 22.1. The number of amides is 2. The maximum atomic E-state index is 12.0. The third-order valence-electron chi connectivity index (χ3n) is 3.32. The van der Waals surface area contributed by atoms with Gasteiger partial charge in [-0.05, 0) is 26.2 Å². The molecule has 98 valence electrons. The molecule has 0 spiro atoms. The molecule has 0 aromatic carbocycles. The lowest BCUT2D eigenvalue weighted by atomic mass is 10.0. The van der Waals surface area contributed by atoms with E-state index < -0.39 is 6.04 Å². The Labute approximate surface area is 103 Å². The van der Waals surface area contributed by atoms with Gasteiger partial charge >= 0.3 is 0 Å². The minimum Gasteiger partial charge on any atom is -0.344 e. The van der Waals surface area contributed by atoms with E-state index in [1.165, 1.54) is 0 Å². The van der Waals surface area contributed by atoms with Crippen molar-refractivity contribution in [2.24, 2.45) is 5.73 Å². The van der Waals surface area contributed by atoms with Gasteiger partial charge in [0.1, 0.15) is 0 Å². The molecule has 2 N–H and O–H groups in total. The Balaban J connectivity index is 2.66. The summed E-state index contributed by atoms with van der Waals surface area (Å²) in [4.78, 5) is 26.7. The first kappa shape index (κ1) is 14.0. The van der Waals surface area contributed by atoms with Crippen molar-refractivity contribution in [3.63, 3.8) is 0 Å². The van der Waals surface area contributed by atoms with E-state index in [1.807, 2.05) is 4.90 Å². The van der Waals surface area contributed by atoms with Crippen LogP contribution in [0.25, 0.3) is 0 Å². The number of rotatable bonds is 3. The molecule has 0 aromatic rings. The van der Waals surface area contributed by atoms with E-state index in [0.717, 1.165) is 25.8 Å². The molecule has 1 rings (SSSR count). The molecule has 0 radical (unpaired) electrons. The number of piperidine rings is 1. The van der Waals surface area contributed by atoms with Crippen LogP contribution in [-0.2, 0) is 9.59 Å². The second kappa shape index (κ2) is 6.00. The molecule has 1 aliphatic heterocycles. The van der Waals surface area contributed by atoms with Crippen LogP contribution >= 0.6 is 0 Å². The third kappa shape index (κ3) is 3.70. The Morgan fingerprint density at radius 2 is 2.12 bits per heavy atom. The van der Waals surface area contributed by atoms with Crippen LogP contribution in [0.4, 0.5) is 0 Å². The minimum absolute atomic E-state index is 0.00773. The van der Waals surface area contributed by atoms with Gasteiger partial charge in [-0.15, -0.1) is 0 Å². The molecule has 0 bridgehead atoms. The highest BCUT2D eigenvalue weighted by atomic mass is 16.2. The predicted octanol–water partition coefficient (Wildman–Crippen LogP) is 0.193. The van der Waals surface area contributed by atoms with Crippen LogP contribution in [-0.4, -0.2) is 53.8 Å². The van der Waals surface area contributed by atoms with Gasteiger partial charge in [-0.25, -0.2) is 0 Å². The molecule has 1 aliphatic rings. The fraction of sp³-hybridized carbons (Fsp3) is 0.833. The van der Waals surface area contributed by atoms with Gasteiger partial charge in [0.05, 0.1) is 6.04 Å². The number of nitrogens with zero attached hydrogens (tertiary/aromatic N) is 2. The molecule has 5 nitrogen and oxygen atoms in total. The summed E-state index contributed by atoms with van der Waals surface area (Å²) in [6.45, 7) is 4.62. The topological polar surface area (TPSA) is 66.6 Å².